The van der Waals surface area contributed by atoms with E-state index in [1.54, 1.807) is 29.1 Å². The van der Waals surface area contributed by atoms with Crippen molar-refractivity contribution >= 4 is 126 Å². The number of tetrazole rings is 1. The molecule has 20 rings (SSSR count). The van der Waals surface area contributed by atoms with Crippen molar-refractivity contribution in [1.29, 1.82) is 0 Å². The van der Waals surface area contributed by atoms with Crippen molar-refractivity contribution in [3.63, 3.8) is 0 Å². The summed E-state index contributed by atoms with van der Waals surface area (Å²) in [5.41, 5.74) is 11.0. The van der Waals surface area contributed by atoms with Gasteiger partial charge in [-0.2, -0.15) is 0 Å². The molecule has 8 aromatic rings. The van der Waals surface area contributed by atoms with Gasteiger partial charge in [-0.3, -0.25) is 28.5 Å². The van der Waals surface area contributed by atoms with E-state index in [0.29, 0.717) is 137 Å². The van der Waals surface area contributed by atoms with Crippen LogP contribution in [0.5, 0.6) is 17.2 Å². The van der Waals surface area contributed by atoms with Gasteiger partial charge in [0.15, 0.2) is 5.82 Å². The van der Waals surface area contributed by atoms with Crippen LogP contribution in [0.4, 0.5) is 17.1 Å². The first-order valence-corrected chi connectivity index (χ1v) is 59.7. The van der Waals surface area contributed by atoms with E-state index < -0.39 is 45.1 Å². The molecule has 3 fully saturated rings. The first-order valence-electron chi connectivity index (χ1n) is 51.6. The van der Waals surface area contributed by atoms with Crippen LogP contribution in [0.25, 0.3) is 0 Å². The second-order valence-corrected chi connectivity index (χ2v) is 52.8. The number of carbonyl (C=O) groups is 3. The third-order valence-corrected chi connectivity index (χ3v) is 42.0. The molecule has 6 aliphatic heterocycles. The van der Waals surface area contributed by atoms with Crippen LogP contribution in [0.1, 0.15) is 232 Å². The van der Waals surface area contributed by atoms with Crippen molar-refractivity contribution in [2.24, 2.45) is 42.6 Å². The van der Waals surface area contributed by atoms with Gasteiger partial charge in [-0.15, -0.1) is 5.10 Å². The lowest BCUT2D eigenvalue weighted by atomic mass is 9.68. The molecule has 8 heterocycles. The lowest BCUT2D eigenvalue weighted by Gasteiger charge is -2.46. The van der Waals surface area contributed by atoms with Gasteiger partial charge >= 0.3 is 0 Å². The van der Waals surface area contributed by atoms with E-state index in [9.17, 15) is 35.4 Å². The Bertz CT molecular complexity index is 6580. The minimum absolute atomic E-state index is 0.0730. The summed E-state index contributed by atoms with van der Waals surface area (Å²) >= 11 is 19.4. The number of anilines is 3. The van der Waals surface area contributed by atoms with Crippen molar-refractivity contribution in [3.8, 4) is 17.2 Å². The Morgan fingerprint density at radius 3 is 1.19 bits per heavy atom. The van der Waals surface area contributed by atoms with Gasteiger partial charge in [0.2, 0.25) is 10.0 Å². The van der Waals surface area contributed by atoms with E-state index >= 15 is 0 Å². The first kappa shape index (κ1) is 105. The molecular formula is C110H140Cl3N13O14S4. The van der Waals surface area contributed by atoms with Crippen LogP contribution in [0, 0.1) is 35.5 Å². The van der Waals surface area contributed by atoms with Crippen LogP contribution in [0.3, 0.4) is 0 Å². The van der Waals surface area contributed by atoms with E-state index in [-0.39, 0.29) is 86.3 Å². The highest BCUT2D eigenvalue weighted by Crippen LogP contribution is 2.53. The van der Waals surface area contributed by atoms with Crippen molar-refractivity contribution in [2.75, 3.05) is 100 Å². The molecule has 3 amide bonds. The SMILES string of the molecule is C=S1(=O)NC(=O)c2ccc3c(c2)N(C[C@@H]2CC[C@H]2[C@@H](OCCS(=O)(=O)N(C)C)/C=C/CC[C@H]1CC)C[C@@]1(CCCc2cc(Cl)ccc21)CO3.C=S1(=O)NC(=O)c2ccc3c(c2)N(C[C@@H]2CC[C@H]2[C@@H](OCc2ncc[nH]2)/C=C/CC[C@H]1CC)C[C@@]1(CCCc2cc(Cl)ccc21)CO3.C=S1(=O)NC(=O)c2ccc3c(c2)N(C[C@@H]2CC[C@H]2[C@@H](OCc2nnnn2C)/C=C/CC[C@H]1CC)C[C@@]1(CCCc2cc(Cl)ccc21)CO3. The molecule has 3 spiro atoms. The van der Waals surface area contributed by atoms with Gasteiger partial charge in [-0.1, -0.05) is 110 Å². The summed E-state index contributed by atoms with van der Waals surface area (Å²) < 4.78 is 117. The number of carbonyl (C=O) groups excluding carboxylic acids is 3. The fourth-order valence-corrected chi connectivity index (χ4v) is 30.6. The Labute approximate surface area is 865 Å². The largest absolute Gasteiger partial charge is 0.490 e. The lowest BCUT2D eigenvalue weighted by molar-refractivity contribution is -0.0257. The van der Waals surface area contributed by atoms with Gasteiger partial charge in [0.1, 0.15) is 36.3 Å². The number of H-pyrrole nitrogens is 1. The number of aromatic amines is 1. The molecule has 0 radical (unpaired) electrons. The summed E-state index contributed by atoms with van der Waals surface area (Å²) in [5.74, 6) is 16.4. The predicted octanol–water partition coefficient (Wildman–Crippen LogP) is 17.7. The highest BCUT2D eigenvalue weighted by molar-refractivity contribution is 8.00. The second kappa shape index (κ2) is 44.7. The van der Waals surface area contributed by atoms with E-state index in [2.05, 4.69) is 145 Å². The summed E-state index contributed by atoms with van der Waals surface area (Å²) in [7, 11) is -7.26. The lowest BCUT2D eigenvalue weighted by Crippen LogP contribution is -2.49. The van der Waals surface area contributed by atoms with E-state index in [1.807, 2.05) is 88.6 Å². The zero-order chi connectivity index (χ0) is 101. The number of aryl methyl sites for hydroxylation is 4. The quantitative estimate of drug-likeness (QED) is 0.0580. The average molecular weight is 2100 g/mol. The normalized spacial score (nSPS) is 31.2. The molecule has 3 unspecified atom stereocenters. The molecule has 4 N–H and O–H groups in total. The molecule has 34 heteroatoms. The Balaban J connectivity index is 0.000000142. The molecule has 6 aromatic carbocycles. The predicted molar refractivity (Wildman–Crippen MR) is 577 cm³/mol. The number of halogens is 3. The molecule has 18 atom stereocenters. The number of amides is 3. The van der Waals surface area contributed by atoms with Crippen LogP contribution in [0.15, 0.2) is 158 Å². The van der Waals surface area contributed by atoms with Crippen molar-refractivity contribution in [1.82, 2.24) is 48.6 Å². The molecular weight excluding hydrogens is 1960 g/mol. The van der Waals surface area contributed by atoms with E-state index in [1.165, 1.54) is 51.8 Å². The number of nitrogens with zero attached hydrogens (tertiary/aromatic N) is 9. The van der Waals surface area contributed by atoms with Crippen LogP contribution in [0.2, 0.25) is 15.1 Å². The van der Waals surface area contributed by atoms with Gasteiger partial charge < -0.3 is 48.1 Å². The number of nitrogens with one attached hydrogen (secondary N) is 4. The number of imidazole rings is 1. The Morgan fingerprint density at radius 1 is 0.493 bits per heavy atom. The van der Waals surface area contributed by atoms with Crippen molar-refractivity contribution < 1.29 is 63.8 Å². The smallest absolute Gasteiger partial charge is 0.262 e. The Hall–Kier alpha value is -9.25. The highest BCUT2D eigenvalue weighted by atomic mass is 35.5. The molecule has 144 heavy (non-hydrogen) atoms. The number of ether oxygens (including phenoxy) is 6. The summed E-state index contributed by atoms with van der Waals surface area (Å²) in [4.78, 5) is 55.8. The molecule has 0 saturated heterocycles. The summed E-state index contributed by atoms with van der Waals surface area (Å²) in [6.07, 6.45) is 37.1. The monoisotopic (exact) mass is 2100 g/mol. The number of aromatic nitrogens is 6. The van der Waals surface area contributed by atoms with Crippen LogP contribution in [-0.2, 0) is 109 Å². The Morgan fingerprint density at radius 2 is 0.861 bits per heavy atom. The zero-order valence-electron chi connectivity index (χ0n) is 83.7. The van der Waals surface area contributed by atoms with E-state index in [0.717, 1.165) is 191 Å². The number of rotatable bonds is 14. The highest BCUT2D eigenvalue weighted by Gasteiger charge is 2.50. The van der Waals surface area contributed by atoms with E-state index in [4.69, 9.17) is 63.2 Å². The third kappa shape index (κ3) is 23.1. The summed E-state index contributed by atoms with van der Waals surface area (Å²) in [6, 6.07) is 35.5. The molecule has 774 valence electrons. The second-order valence-electron chi connectivity index (χ2n) is 42.2. The number of benzene rings is 6. The fourth-order valence-electron chi connectivity index (χ4n) is 24.3. The number of hydrogen-bond acceptors (Lipinski definition) is 21. The summed E-state index contributed by atoms with van der Waals surface area (Å²) in [6.45, 7) is 12.9. The molecule has 2 aromatic heterocycles. The third-order valence-electron chi connectivity index (χ3n) is 33.0. The first-order chi connectivity index (χ1) is 69.2. The Kier molecular flexibility index (Phi) is 32.5. The number of sulfonamides is 1. The number of fused-ring (bicyclic) bond motifs is 12. The maximum absolute atomic E-state index is 13.9. The molecule has 12 aliphatic rings. The van der Waals surface area contributed by atoms with Crippen molar-refractivity contribution in [2.45, 2.75) is 238 Å². The molecule has 6 bridgehead atoms. The van der Waals surface area contributed by atoms with Gasteiger partial charge in [-0.05, 0) is 342 Å². The molecule has 6 aliphatic carbocycles. The van der Waals surface area contributed by atoms with Gasteiger partial charge in [-0.25, -0.2) is 35.0 Å². The van der Waals surface area contributed by atoms with Gasteiger partial charge in [0, 0.05) is 137 Å². The fraction of sp³-hybridized carbons (Fsp3) is 0.527. The molecule has 3 saturated carbocycles. The number of allylic oxidation sites excluding steroid dienone is 3. The average Bonchev–Trinajstić information content (AvgIpc) is 1.51. The topological polar surface area (TPSA) is 313 Å². The number of hydrogen-bond donors (Lipinski definition) is 4. The van der Waals surface area contributed by atoms with Gasteiger partial charge in [0.05, 0.1) is 96.7 Å². The minimum Gasteiger partial charge on any atom is -0.490 e. The zero-order valence-corrected chi connectivity index (χ0v) is 89.3. The maximum Gasteiger partial charge on any atom is 0.262 e. The molecule has 27 nitrogen and oxygen atoms in total. The minimum atomic E-state index is -3.40. The van der Waals surface area contributed by atoms with Gasteiger partial charge in [0.25, 0.3) is 17.7 Å². The maximum atomic E-state index is 13.9. The van der Waals surface area contributed by atoms with Crippen LogP contribution in [-0.4, -0.2) is 210 Å². The summed E-state index contributed by atoms with van der Waals surface area (Å²) in [5, 5.41) is 13.3. The van der Waals surface area contributed by atoms with Crippen molar-refractivity contribution in [3.05, 3.63) is 235 Å². The standard InChI is InChI=1S/C37H45ClN4O4S.C37H50ClN3O6S2.C36H45ClN6O4S/c1-3-29-8-4-5-9-33(45-22-35-39-17-18-40-35)30-13-10-27(30)21-42-23-37(16-6-7-25-19-28(38)12-14-31(25)37)24-46-34-15-11-26(20-32(34)42)36(43)41-47(29,2)44;1-5-30-10-6-7-11-34(46-19-20-49(44,45)40(2)3)31-15-12-28(31)23-41-24-37(18-8-9-26-21-29(38)14-16-32(26)37)25-47-35-17-13-27(22-33(35)41)36(42)39-48(30,4)43;1-4-28-9-5-6-10-32(46-21-34-38-40-41-42(34)2)29-14-11-26(29)20-43-22-36(17-7-8-24-18-27(37)13-15-30(24)36)23-47-33-16-12-25(19-31(33)43)35(44)39-48(28,3)45/h5,9,11-12,14-15,17-20,27,29-30,33H,2-4,6-8,10,13,16,21-24H2,1H3,(H,39,40)(H,41,43,44);7,11,13-14,16-17,21-22,28,30-31,34H,4-6,8-10,12,15,18-20,23-25H2,1-3H3,(H,39,42,43);6,10,12-13,15-16,18-19,26,28-29,32H,3-5,7-9,11,14,17,20-23H2,1-2H3,(H,39,44,45)/b9-5+;11-7+;10-6+/t27-,29+,30+,33-,37-,47?;28-,30+,31+,34-,37-,48?;26-,28+,29+,32-,36-,48?/m000/s1. The van der Waals surface area contributed by atoms with Crippen LogP contribution < -0.4 is 43.1 Å². The van der Waals surface area contributed by atoms with Crippen LogP contribution >= 0.6 is 34.8 Å².